The number of imidazole rings is 1. The van der Waals surface area contributed by atoms with Crippen LogP contribution >= 0.6 is 0 Å². The van der Waals surface area contributed by atoms with Gasteiger partial charge in [-0.25, -0.2) is 0 Å². The minimum atomic E-state index is -0.268. The van der Waals surface area contributed by atoms with Crippen molar-refractivity contribution in [1.29, 1.82) is 0 Å². The first-order valence-electron chi connectivity index (χ1n) is 11.1. The number of benzene rings is 1. The molecule has 0 spiro atoms. The number of rotatable bonds is 0. The monoisotopic (exact) mass is 603 g/mol. The van der Waals surface area contributed by atoms with E-state index < -0.39 is 0 Å². The molecule has 2 aliphatic rings. The number of amides is 1. The fourth-order valence-electron chi connectivity index (χ4n) is 4.03. The van der Waals surface area contributed by atoms with E-state index in [4.69, 9.17) is 9.47 Å². The van der Waals surface area contributed by atoms with E-state index in [9.17, 15) is 4.79 Å². The zero-order valence-electron chi connectivity index (χ0n) is 18.6. The first kappa shape index (κ1) is 22.7. The van der Waals surface area contributed by atoms with Crippen molar-refractivity contribution < 1.29 is 33.6 Å². The van der Waals surface area contributed by atoms with Gasteiger partial charge >= 0.3 is 187 Å². The second-order valence-electron chi connectivity index (χ2n) is 8.76. The summed E-state index contributed by atoms with van der Waals surface area (Å²) in [5.74, 6) is 2.21. The molecule has 0 saturated heterocycles. The Balaban J connectivity index is 1.55. The molecule has 32 heavy (non-hydrogen) atoms. The Bertz CT molecular complexity index is 1070. The fraction of sp³-hybridized carbons (Fsp3) is 0.400. The summed E-state index contributed by atoms with van der Waals surface area (Å²) in [5, 5.41) is 2.85. The summed E-state index contributed by atoms with van der Waals surface area (Å²) in [6, 6.07) is 3.79. The van der Waals surface area contributed by atoms with Crippen LogP contribution in [0.15, 0.2) is 49.0 Å². The Kier molecular flexibility index (Phi) is 7.10. The maximum absolute atomic E-state index is 12.9. The van der Waals surface area contributed by atoms with Gasteiger partial charge in [0.1, 0.15) is 0 Å². The second kappa shape index (κ2) is 9.99. The molecule has 4 rings (SSSR count). The zero-order valence-corrected chi connectivity index (χ0v) is 21.5. The third-order valence-electron chi connectivity index (χ3n) is 5.57. The zero-order chi connectivity index (χ0) is 22.6. The minimum absolute atomic E-state index is 0.205. The molecule has 1 aromatic carbocycles. The molecule has 1 aromatic heterocycles. The molecule has 0 bridgehead atoms. The number of nitrogens with one attached hydrogen (secondary N) is 1. The molecule has 1 N–H and O–H groups in total. The number of hydrogen-bond donors (Lipinski definition) is 1. The number of carbonyl (C=O) groups excluding carboxylic acids is 1. The van der Waals surface area contributed by atoms with Crippen LogP contribution in [0.5, 0.6) is 11.5 Å². The predicted octanol–water partition coefficient (Wildman–Crippen LogP) is 4.12. The van der Waals surface area contributed by atoms with Crippen LogP contribution in [0, 0.1) is 0 Å². The molecule has 7 heteroatoms. The number of aromatic nitrogens is 2. The van der Waals surface area contributed by atoms with Gasteiger partial charge < -0.3 is 0 Å². The molecule has 0 unspecified atom stereocenters. The van der Waals surface area contributed by atoms with Crippen molar-refractivity contribution in [2.45, 2.75) is 58.1 Å². The maximum atomic E-state index is 12.9. The van der Waals surface area contributed by atoms with Crippen LogP contribution < -0.4 is 14.8 Å². The molecule has 6 nitrogen and oxygen atoms in total. The molecule has 0 saturated carbocycles. The van der Waals surface area contributed by atoms with Crippen molar-refractivity contribution in [2.24, 2.45) is 0 Å². The summed E-state index contributed by atoms with van der Waals surface area (Å²) < 4.78 is 15.5. The van der Waals surface area contributed by atoms with E-state index in [2.05, 4.69) is 28.7 Å². The van der Waals surface area contributed by atoms with E-state index in [1.807, 2.05) is 42.8 Å². The van der Waals surface area contributed by atoms with E-state index in [-0.39, 0.29) is 11.5 Å². The average Bonchev–Trinajstić information content (AvgIpc) is 3.33. The number of fused-ring (bicyclic) bond motifs is 3. The van der Waals surface area contributed by atoms with E-state index >= 15 is 0 Å². The van der Waals surface area contributed by atoms with E-state index in [1.54, 1.807) is 6.20 Å². The summed E-state index contributed by atoms with van der Waals surface area (Å²) in [4.78, 5) is 17.4. The van der Waals surface area contributed by atoms with Gasteiger partial charge in [-0.2, -0.15) is 0 Å². The third kappa shape index (κ3) is 5.47. The summed E-state index contributed by atoms with van der Waals surface area (Å²) in [6.45, 7) is 5.68. The molecule has 3 heterocycles. The molecular weight excluding hydrogens is 574 g/mol. The molecule has 0 radical (unpaired) electrons. The number of allylic oxidation sites excluding steroid dienone is 3. The van der Waals surface area contributed by atoms with Gasteiger partial charge in [0.25, 0.3) is 0 Å². The second-order valence-corrected chi connectivity index (χ2v) is 10.3. The van der Waals surface area contributed by atoms with E-state index in [0.717, 1.165) is 55.8 Å². The summed E-state index contributed by atoms with van der Waals surface area (Å²) in [7, 11) is 0. The fourth-order valence-corrected chi connectivity index (χ4v) is 4.93. The predicted molar refractivity (Wildman–Crippen MR) is 121 cm³/mol. The average molecular weight is 603 g/mol. The molecule has 2 aliphatic heterocycles. The van der Waals surface area contributed by atoms with Crippen LogP contribution in [0.3, 0.4) is 0 Å². The third-order valence-corrected chi connectivity index (χ3v) is 6.71. The Labute approximate surface area is 200 Å². The molecule has 0 atom stereocenters. The van der Waals surface area contributed by atoms with Crippen LogP contribution in [-0.4, -0.2) is 31.6 Å². The van der Waals surface area contributed by atoms with Crippen molar-refractivity contribution in [2.75, 3.05) is 6.61 Å². The molecule has 0 aliphatic carbocycles. The molecule has 168 valence electrons. The standard InChI is InChI=1S/C25H29N3O3.W/c1-25(2)18-19-16-22-20(17-21(19)31-25)24(29)27-11-7-5-6-10-23-26-12-14-28(23)13-8-3-4-9-15-30-22;/h5-7,11-12,14,16-17H,3-4,8-9,13,15,18H2,1-2H3,(H,27,29);. The van der Waals surface area contributed by atoms with Crippen molar-refractivity contribution in [3.63, 3.8) is 0 Å². The van der Waals surface area contributed by atoms with Gasteiger partial charge in [-0.15, -0.1) is 0 Å². The summed E-state index contributed by atoms with van der Waals surface area (Å²) in [6.07, 6.45) is 16.4. The van der Waals surface area contributed by atoms with Crippen molar-refractivity contribution >= 4 is 9.81 Å². The Hall–Kier alpha value is -2.46. The van der Waals surface area contributed by atoms with Crippen molar-refractivity contribution in [3.8, 4) is 11.5 Å². The number of carbonyl (C=O) groups is 1. The van der Waals surface area contributed by atoms with Gasteiger partial charge in [-0.1, -0.05) is 0 Å². The summed E-state index contributed by atoms with van der Waals surface area (Å²) >= 11 is 1.36. The van der Waals surface area contributed by atoms with Crippen molar-refractivity contribution in [3.05, 3.63) is 65.9 Å². The van der Waals surface area contributed by atoms with Gasteiger partial charge in [0.15, 0.2) is 0 Å². The normalized spacial score (nSPS) is 18.9. The Morgan fingerprint density at radius 2 is 1.97 bits per heavy atom. The van der Waals surface area contributed by atoms with Crippen LogP contribution in [0.2, 0.25) is 0 Å². The first-order chi connectivity index (χ1) is 15.4. The molecular formula is C25H29N3O3W. The van der Waals surface area contributed by atoms with Gasteiger partial charge in [0.2, 0.25) is 0 Å². The van der Waals surface area contributed by atoms with E-state index in [0.29, 0.717) is 17.9 Å². The van der Waals surface area contributed by atoms with Gasteiger partial charge in [-0.05, 0) is 13.8 Å². The molecule has 0 fully saturated rings. The first-order valence-corrected chi connectivity index (χ1v) is 12.6. The van der Waals surface area contributed by atoms with Crippen LogP contribution in [0.25, 0.3) is 0 Å². The van der Waals surface area contributed by atoms with Crippen molar-refractivity contribution in [1.82, 2.24) is 14.9 Å². The topological polar surface area (TPSA) is 65.4 Å². The van der Waals surface area contributed by atoms with Gasteiger partial charge in [0.05, 0.1) is 0 Å². The quantitative estimate of drug-likeness (QED) is 0.493. The number of ether oxygens (including phenoxy) is 2. The molecule has 2 aromatic rings. The summed E-state index contributed by atoms with van der Waals surface area (Å²) in [5.41, 5.74) is 1.33. The van der Waals surface area contributed by atoms with Crippen LogP contribution in [-0.2, 0) is 32.3 Å². The van der Waals surface area contributed by atoms with Gasteiger partial charge in [0, 0.05) is 0 Å². The number of hydrogen-bond acceptors (Lipinski definition) is 4. The van der Waals surface area contributed by atoms with Crippen LogP contribution in [0.1, 0.15) is 61.3 Å². The van der Waals surface area contributed by atoms with Gasteiger partial charge in [-0.3, -0.25) is 0 Å². The Morgan fingerprint density at radius 3 is 2.84 bits per heavy atom. The molecule has 1 amide bonds. The Morgan fingerprint density at radius 1 is 1.12 bits per heavy atom. The van der Waals surface area contributed by atoms with Crippen LogP contribution in [0.4, 0.5) is 0 Å². The number of nitrogens with zero attached hydrogens (tertiary/aromatic N) is 2. The van der Waals surface area contributed by atoms with E-state index in [1.165, 1.54) is 23.3 Å². The SMILES string of the molecule is CC1(C)Cc2cc3c(cc2O1)C(=O)NC=CC=C[C](=[W])c1nccn1CCCCCCO3. The number of aryl methyl sites for hydroxylation is 1.